The van der Waals surface area contributed by atoms with Gasteiger partial charge in [-0.1, -0.05) is 18.2 Å². The Kier molecular flexibility index (Phi) is 3.29. The number of nitrogens with zero attached hydrogens (tertiary/aromatic N) is 2. The van der Waals surface area contributed by atoms with E-state index in [-0.39, 0.29) is 18.6 Å². The van der Waals surface area contributed by atoms with Crippen molar-refractivity contribution >= 4 is 0 Å². The molecule has 2 fully saturated rings. The van der Waals surface area contributed by atoms with Crippen molar-refractivity contribution in [1.29, 1.82) is 0 Å². The van der Waals surface area contributed by atoms with Crippen LogP contribution in [-0.4, -0.2) is 46.4 Å². The minimum Gasteiger partial charge on any atom is -0.444 e. The molecule has 2 atom stereocenters. The van der Waals surface area contributed by atoms with Crippen molar-refractivity contribution in [3.63, 3.8) is 0 Å². The van der Waals surface area contributed by atoms with Crippen LogP contribution in [0.3, 0.4) is 0 Å². The Morgan fingerprint density at radius 1 is 1.14 bits per heavy atom. The smallest absolute Gasteiger partial charge is 0.226 e. The Morgan fingerprint density at radius 2 is 1.82 bits per heavy atom. The number of hydrogen-bond donors (Lipinski definition) is 2. The van der Waals surface area contributed by atoms with Crippen molar-refractivity contribution in [3.05, 3.63) is 42.3 Å². The number of aliphatic hydroxyl groups is 2. The van der Waals surface area contributed by atoms with Crippen LogP contribution in [-0.2, 0) is 6.54 Å². The molecule has 2 heterocycles. The highest BCUT2D eigenvalue weighted by atomic mass is 16.3. The summed E-state index contributed by atoms with van der Waals surface area (Å²) in [7, 11) is 0. The Labute approximate surface area is 129 Å². The SMILES string of the molecule is OCC1(CO)C2CN(Cc3coc(-c4ccccc4)n3)CC21. The summed E-state index contributed by atoms with van der Waals surface area (Å²) in [6.45, 7) is 2.78. The van der Waals surface area contributed by atoms with Crippen LogP contribution in [0.15, 0.2) is 41.0 Å². The average Bonchev–Trinajstić information content (AvgIpc) is 2.95. The van der Waals surface area contributed by atoms with E-state index in [9.17, 15) is 10.2 Å². The monoisotopic (exact) mass is 300 g/mol. The minimum atomic E-state index is -0.227. The molecule has 1 aromatic heterocycles. The summed E-state index contributed by atoms with van der Waals surface area (Å²) < 4.78 is 5.56. The highest BCUT2D eigenvalue weighted by Gasteiger charge is 2.67. The lowest BCUT2D eigenvalue weighted by Gasteiger charge is -2.23. The standard InChI is InChI=1S/C17H20N2O3/c20-10-17(11-21)14-7-19(8-15(14)17)6-13-9-22-16(18-13)12-4-2-1-3-5-12/h1-5,9,14-15,20-21H,6-8,10-11H2. The van der Waals surface area contributed by atoms with Crippen molar-refractivity contribution in [3.8, 4) is 11.5 Å². The molecule has 4 rings (SSSR count). The van der Waals surface area contributed by atoms with E-state index in [4.69, 9.17) is 4.42 Å². The lowest BCUT2D eigenvalue weighted by atomic mass is 10.0. The van der Waals surface area contributed by atoms with Gasteiger partial charge < -0.3 is 14.6 Å². The lowest BCUT2D eigenvalue weighted by molar-refractivity contribution is 0.0866. The largest absolute Gasteiger partial charge is 0.444 e. The molecule has 22 heavy (non-hydrogen) atoms. The van der Waals surface area contributed by atoms with Crippen LogP contribution in [0.5, 0.6) is 0 Å². The van der Waals surface area contributed by atoms with Crippen molar-refractivity contribution in [2.75, 3.05) is 26.3 Å². The topological polar surface area (TPSA) is 69.7 Å². The Morgan fingerprint density at radius 3 is 2.45 bits per heavy atom. The molecule has 2 N–H and O–H groups in total. The van der Waals surface area contributed by atoms with Gasteiger partial charge in [-0.2, -0.15) is 0 Å². The zero-order chi connectivity index (χ0) is 15.2. The van der Waals surface area contributed by atoms with Gasteiger partial charge in [-0.25, -0.2) is 4.98 Å². The fourth-order valence-electron chi connectivity index (χ4n) is 3.89. The van der Waals surface area contributed by atoms with Gasteiger partial charge in [0.15, 0.2) is 0 Å². The third-order valence-electron chi connectivity index (χ3n) is 5.31. The highest BCUT2D eigenvalue weighted by molar-refractivity contribution is 5.52. The Hall–Kier alpha value is -1.69. The van der Waals surface area contributed by atoms with Crippen LogP contribution in [0.4, 0.5) is 0 Å². The average molecular weight is 300 g/mol. The maximum Gasteiger partial charge on any atom is 0.226 e. The van der Waals surface area contributed by atoms with Crippen LogP contribution in [0.25, 0.3) is 11.5 Å². The van der Waals surface area contributed by atoms with E-state index >= 15 is 0 Å². The maximum atomic E-state index is 9.46. The second-order valence-corrected chi connectivity index (χ2v) is 6.47. The van der Waals surface area contributed by atoms with Gasteiger partial charge >= 0.3 is 0 Å². The van der Waals surface area contributed by atoms with Crippen molar-refractivity contribution < 1.29 is 14.6 Å². The summed E-state index contributed by atoms with van der Waals surface area (Å²) in [6, 6.07) is 9.88. The molecular formula is C17H20N2O3. The summed E-state index contributed by atoms with van der Waals surface area (Å²) in [5.74, 6) is 1.49. The van der Waals surface area contributed by atoms with Gasteiger partial charge in [0.25, 0.3) is 0 Å². The fraction of sp³-hybridized carbons (Fsp3) is 0.471. The van der Waals surface area contributed by atoms with E-state index < -0.39 is 0 Å². The molecule has 1 saturated carbocycles. The highest BCUT2D eigenvalue weighted by Crippen LogP contribution is 2.62. The van der Waals surface area contributed by atoms with Gasteiger partial charge in [-0.3, -0.25) is 4.90 Å². The van der Waals surface area contributed by atoms with Gasteiger partial charge in [0, 0.05) is 30.6 Å². The first-order chi connectivity index (χ1) is 10.8. The first-order valence-corrected chi connectivity index (χ1v) is 7.71. The summed E-state index contributed by atoms with van der Waals surface area (Å²) in [5, 5.41) is 18.9. The van der Waals surface area contributed by atoms with Crippen molar-refractivity contribution in [1.82, 2.24) is 9.88 Å². The van der Waals surface area contributed by atoms with E-state index in [1.54, 1.807) is 6.26 Å². The zero-order valence-corrected chi connectivity index (χ0v) is 12.4. The van der Waals surface area contributed by atoms with E-state index in [1.807, 2.05) is 30.3 Å². The molecular weight excluding hydrogens is 280 g/mol. The number of fused-ring (bicyclic) bond motifs is 1. The van der Waals surface area contributed by atoms with Gasteiger partial charge in [0.05, 0.1) is 18.9 Å². The number of hydrogen-bond acceptors (Lipinski definition) is 5. The van der Waals surface area contributed by atoms with Crippen molar-refractivity contribution in [2.24, 2.45) is 17.3 Å². The Balaban J connectivity index is 1.40. The molecule has 0 bridgehead atoms. The molecule has 1 aliphatic heterocycles. The minimum absolute atomic E-state index is 0.0921. The molecule has 0 spiro atoms. The number of piperidine rings is 1. The van der Waals surface area contributed by atoms with Crippen LogP contribution < -0.4 is 0 Å². The molecule has 116 valence electrons. The predicted molar refractivity (Wildman–Crippen MR) is 80.8 cm³/mol. The second kappa shape index (κ2) is 5.19. The quantitative estimate of drug-likeness (QED) is 0.873. The first kappa shape index (κ1) is 13.9. The molecule has 1 saturated heterocycles. The van der Waals surface area contributed by atoms with Gasteiger partial charge in [-0.15, -0.1) is 0 Å². The van der Waals surface area contributed by atoms with Gasteiger partial charge in [0.2, 0.25) is 5.89 Å². The van der Waals surface area contributed by atoms with E-state index in [0.29, 0.717) is 17.7 Å². The second-order valence-electron chi connectivity index (χ2n) is 6.47. The van der Waals surface area contributed by atoms with Crippen LogP contribution >= 0.6 is 0 Å². The lowest BCUT2D eigenvalue weighted by Crippen LogP contribution is -2.31. The fourth-order valence-corrected chi connectivity index (χ4v) is 3.89. The van der Waals surface area contributed by atoms with Gasteiger partial charge in [-0.05, 0) is 24.0 Å². The molecule has 1 aromatic carbocycles. The Bertz CT molecular complexity index is 637. The van der Waals surface area contributed by atoms with Crippen LogP contribution in [0, 0.1) is 17.3 Å². The molecule has 5 heteroatoms. The summed E-state index contributed by atoms with van der Waals surface area (Å²) in [6.07, 6.45) is 1.72. The van der Waals surface area contributed by atoms with Crippen LogP contribution in [0.1, 0.15) is 5.69 Å². The maximum absolute atomic E-state index is 9.46. The summed E-state index contributed by atoms with van der Waals surface area (Å²) >= 11 is 0. The molecule has 0 amide bonds. The number of likely N-dealkylation sites (tertiary alicyclic amines) is 1. The molecule has 2 aromatic rings. The molecule has 5 nitrogen and oxygen atoms in total. The number of benzene rings is 1. The first-order valence-electron chi connectivity index (χ1n) is 7.71. The third kappa shape index (κ3) is 2.08. The molecule has 1 aliphatic carbocycles. The van der Waals surface area contributed by atoms with Crippen LogP contribution in [0.2, 0.25) is 0 Å². The molecule has 2 unspecified atom stereocenters. The summed E-state index contributed by atoms with van der Waals surface area (Å²) in [4.78, 5) is 6.88. The predicted octanol–water partition coefficient (Wildman–Crippen LogP) is 1.37. The number of aromatic nitrogens is 1. The third-order valence-corrected chi connectivity index (χ3v) is 5.31. The normalized spacial score (nSPS) is 26.1. The van der Waals surface area contributed by atoms with Crippen molar-refractivity contribution in [2.45, 2.75) is 6.54 Å². The molecule has 2 aliphatic rings. The van der Waals surface area contributed by atoms with E-state index in [1.165, 1.54) is 0 Å². The number of oxazole rings is 1. The number of rotatable bonds is 5. The zero-order valence-electron chi connectivity index (χ0n) is 12.4. The summed E-state index contributed by atoms with van der Waals surface area (Å²) in [5.41, 5.74) is 1.69. The van der Waals surface area contributed by atoms with Gasteiger partial charge in [0.1, 0.15) is 6.26 Å². The van der Waals surface area contributed by atoms with E-state index in [0.717, 1.165) is 30.9 Å². The van der Waals surface area contributed by atoms with E-state index in [2.05, 4.69) is 9.88 Å². The number of aliphatic hydroxyl groups excluding tert-OH is 2. The molecule has 0 radical (unpaired) electrons.